The molecular formula is C27H40N2O2. The van der Waals surface area contributed by atoms with Crippen LogP contribution in [0.5, 0.6) is 11.5 Å². The van der Waals surface area contributed by atoms with Crippen LogP contribution < -0.4 is 9.47 Å². The van der Waals surface area contributed by atoms with Crippen molar-refractivity contribution in [2.45, 2.75) is 78.1 Å². The molecule has 0 fully saturated rings. The van der Waals surface area contributed by atoms with Gasteiger partial charge in [0, 0.05) is 5.56 Å². The Morgan fingerprint density at radius 1 is 0.839 bits per heavy atom. The Labute approximate surface area is 189 Å². The van der Waals surface area contributed by atoms with Gasteiger partial charge in [-0.2, -0.15) is 0 Å². The number of rotatable bonds is 17. The number of nitrogens with zero attached hydrogens (tertiary/aromatic N) is 2. The minimum absolute atomic E-state index is 0.704. The van der Waals surface area contributed by atoms with E-state index >= 15 is 0 Å². The van der Waals surface area contributed by atoms with Crippen LogP contribution in [-0.2, 0) is 0 Å². The van der Waals surface area contributed by atoms with Crippen LogP contribution in [0, 0.1) is 5.92 Å². The van der Waals surface area contributed by atoms with Gasteiger partial charge in [-0.3, -0.25) is 0 Å². The Kier molecular flexibility index (Phi) is 12.4. The van der Waals surface area contributed by atoms with Crippen molar-refractivity contribution in [1.29, 1.82) is 0 Å². The molecule has 1 aromatic heterocycles. The van der Waals surface area contributed by atoms with Crippen molar-refractivity contribution >= 4 is 0 Å². The molecule has 1 atom stereocenters. The zero-order valence-corrected chi connectivity index (χ0v) is 19.5. The van der Waals surface area contributed by atoms with Crippen LogP contribution in [-0.4, -0.2) is 23.2 Å². The summed E-state index contributed by atoms with van der Waals surface area (Å²) in [4.78, 5) is 8.90. The van der Waals surface area contributed by atoms with Gasteiger partial charge in [-0.15, -0.1) is 6.58 Å². The van der Waals surface area contributed by atoms with Gasteiger partial charge in [-0.1, -0.05) is 52.0 Å². The molecule has 4 heteroatoms. The summed E-state index contributed by atoms with van der Waals surface area (Å²) in [6, 6.07) is 8.01. The fourth-order valence-electron chi connectivity index (χ4n) is 3.35. The average Bonchev–Trinajstić information content (AvgIpc) is 2.81. The predicted octanol–water partition coefficient (Wildman–Crippen LogP) is 7.64. The molecule has 0 spiro atoms. The van der Waals surface area contributed by atoms with Crippen molar-refractivity contribution in [3.8, 4) is 22.9 Å². The summed E-state index contributed by atoms with van der Waals surface area (Å²) in [7, 11) is 0. The maximum atomic E-state index is 5.87. The lowest BCUT2D eigenvalue weighted by atomic mass is 10.0. The highest BCUT2D eigenvalue weighted by molar-refractivity contribution is 5.56. The normalized spacial score (nSPS) is 11.8. The SMILES string of the molecule is C=CCCCCCCCCOc1ccc(-c2ncc(OCCC[C@@H](C)CC)cn2)cc1. The molecule has 0 aliphatic heterocycles. The number of aromatic nitrogens is 2. The Bertz CT molecular complexity index is 713. The van der Waals surface area contributed by atoms with E-state index in [9.17, 15) is 0 Å². The van der Waals surface area contributed by atoms with Crippen LogP contribution in [0.2, 0.25) is 0 Å². The van der Waals surface area contributed by atoms with Crippen LogP contribution >= 0.6 is 0 Å². The first-order chi connectivity index (χ1) is 15.2. The molecule has 0 bridgehead atoms. The Hall–Kier alpha value is -2.36. The van der Waals surface area contributed by atoms with Crippen molar-refractivity contribution in [1.82, 2.24) is 9.97 Å². The summed E-state index contributed by atoms with van der Waals surface area (Å²) in [6.07, 6.45) is 17.6. The second-order valence-corrected chi connectivity index (χ2v) is 8.32. The van der Waals surface area contributed by atoms with Crippen molar-refractivity contribution in [3.05, 3.63) is 49.3 Å². The third-order valence-electron chi connectivity index (χ3n) is 5.62. The van der Waals surface area contributed by atoms with E-state index in [1.807, 2.05) is 30.3 Å². The minimum Gasteiger partial charge on any atom is -0.494 e. The lowest BCUT2D eigenvalue weighted by Crippen LogP contribution is -2.02. The molecule has 0 unspecified atom stereocenters. The second-order valence-electron chi connectivity index (χ2n) is 8.32. The monoisotopic (exact) mass is 424 g/mol. The third kappa shape index (κ3) is 10.5. The topological polar surface area (TPSA) is 44.2 Å². The summed E-state index contributed by atoms with van der Waals surface area (Å²) < 4.78 is 11.6. The van der Waals surface area contributed by atoms with E-state index in [2.05, 4.69) is 30.4 Å². The maximum absolute atomic E-state index is 5.87. The van der Waals surface area contributed by atoms with Gasteiger partial charge in [-0.05, 0) is 62.3 Å². The number of hydrogen-bond donors (Lipinski definition) is 0. The predicted molar refractivity (Wildman–Crippen MR) is 130 cm³/mol. The highest BCUT2D eigenvalue weighted by Crippen LogP contribution is 2.21. The van der Waals surface area contributed by atoms with Gasteiger partial charge in [-0.25, -0.2) is 9.97 Å². The Balaban J connectivity index is 1.65. The molecule has 31 heavy (non-hydrogen) atoms. The van der Waals surface area contributed by atoms with Crippen LogP contribution in [0.15, 0.2) is 49.3 Å². The summed E-state index contributed by atoms with van der Waals surface area (Å²) in [6.45, 7) is 9.76. The van der Waals surface area contributed by atoms with Gasteiger partial charge >= 0.3 is 0 Å². The Morgan fingerprint density at radius 3 is 2.13 bits per heavy atom. The largest absolute Gasteiger partial charge is 0.494 e. The lowest BCUT2D eigenvalue weighted by molar-refractivity contribution is 0.292. The molecule has 1 aromatic carbocycles. The summed E-state index contributed by atoms with van der Waals surface area (Å²) in [5.41, 5.74) is 0.982. The Morgan fingerprint density at radius 2 is 1.45 bits per heavy atom. The van der Waals surface area contributed by atoms with Gasteiger partial charge in [0.2, 0.25) is 0 Å². The number of hydrogen-bond acceptors (Lipinski definition) is 4. The molecule has 2 rings (SSSR count). The van der Waals surface area contributed by atoms with E-state index < -0.39 is 0 Å². The van der Waals surface area contributed by atoms with E-state index in [0.717, 1.165) is 48.8 Å². The molecule has 4 nitrogen and oxygen atoms in total. The van der Waals surface area contributed by atoms with E-state index in [1.165, 1.54) is 44.9 Å². The highest BCUT2D eigenvalue weighted by atomic mass is 16.5. The molecule has 0 N–H and O–H groups in total. The second kappa shape index (κ2) is 15.4. The molecule has 170 valence electrons. The van der Waals surface area contributed by atoms with Crippen LogP contribution in [0.4, 0.5) is 0 Å². The number of ether oxygens (including phenoxy) is 2. The van der Waals surface area contributed by atoms with E-state index in [4.69, 9.17) is 9.47 Å². The smallest absolute Gasteiger partial charge is 0.159 e. The lowest BCUT2D eigenvalue weighted by Gasteiger charge is -2.09. The fraction of sp³-hybridized carbons (Fsp3) is 0.556. The van der Waals surface area contributed by atoms with Crippen molar-refractivity contribution in [2.24, 2.45) is 5.92 Å². The summed E-state index contributed by atoms with van der Waals surface area (Å²) >= 11 is 0. The van der Waals surface area contributed by atoms with E-state index in [0.29, 0.717) is 12.4 Å². The number of unbranched alkanes of at least 4 members (excludes halogenated alkanes) is 6. The molecule has 0 amide bonds. The summed E-state index contributed by atoms with van der Waals surface area (Å²) in [5, 5.41) is 0. The average molecular weight is 425 g/mol. The molecular weight excluding hydrogens is 384 g/mol. The molecule has 0 aliphatic carbocycles. The maximum Gasteiger partial charge on any atom is 0.159 e. The number of benzene rings is 1. The van der Waals surface area contributed by atoms with Gasteiger partial charge in [0.25, 0.3) is 0 Å². The van der Waals surface area contributed by atoms with Crippen LogP contribution in [0.1, 0.15) is 78.1 Å². The van der Waals surface area contributed by atoms with Crippen molar-refractivity contribution in [3.63, 3.8) is 0 Å². The standard InChI is InChI=1S/C27H40N2O2/c1-4-6-7-8-9-10-11-12-19-30-25-17-15-24(16-18-25)27-28-21-26(22-29-27)31-20-13-14-23(3)5-2/h4,15-18,21-23H,1,5-14,19-20H2,2-3H3/t23-/m0/s1. The molecule has 1 heterocycles. The highest BCUT2D eigenvalue weighted by Gasteiger charge is 2.04. The van der Waals surface area contributed by atoms with Gasteiger partial charge in [0.05, 0.1) is 25.6 Å². The molecule has 0 aliphatic rings. The van der Waals surface area contributed by atoms with Crippen LogP contribution in [0.3, 0.4) is 0 Å². The first kappa shape index (κ1) is 24.9. The van der Waals surface area contributed by atoms with E-state index in [-0.39, 0.29) is 0 Å². The van der Waals surface area contributed by atoms with Gasteiger partial charge in [0.15, 0.2) is 11.6 Å². The fourth-order valence-corrected chi connectivity index (χ4v) is 3.35. The van der Waals surface area contributed by atoms with Crippen molar-refractivity contribution < 1.29 is 9.47 Å². The first-order valence-electron chi connectivity index (χ1n) is 12.0. The quantitative estimate of drug-likeness (QED) is 0.193. The third-order valence-corrected chi connectivity index (χ3v) is 5.62. The van der Waals surface area contributed by atoms with Crippen molar-refractivity contribution in [2.75, 3.05) is 13.2 Å². The molecule has 0 radical (unpaired) electrons. The molecule has 2 aromatic rings. The first-order valence-corrected chi connectivity index (χ1v) is 12.0. The summed E-state index contributed by atoms with van der Waals surface area (Å²) in [5.74, 6) is 3.09. The van der Waals surface area contributed by atoms with Gasteiger partial charge < -0.3 is 9.47 Å². The minimum atomic E-state index is 0.704. The molecule has 0 saturated heterocycles. The number of allylic oxidation sites excluding steroid dienone is 1. The van der Waals surface area contributed by atoms with Gasteiger partial charge in [0.1, 0.15) is 5.75 Å². The zero-order valence-electron chi connectivity index (χ0n) is 19.5. The molecule has 0 saturated carbocycles. The van der Waals surface area contributed by atoms with E-state index in [1.54, 1.807) is 12.4 Å². The van der Waals surface area contributed by atoms with Crippen LogP contribution in [0.25, 0.3) is 11.4 Å². The zero-order chi connectivity index (χ0) is 22.2.